The molecule has 0 aliphatic carbocycles. The van der Waals surface area contributed by atoms with Crippen LogP contribution in [0, 0.1) is 13.8 Å². The minimum atomic E-state index is -0.540. The van der Waals surface area contributed by atoms with Crippen LogP contribution >= 0.6 is 0 Å². The highest BCUT2D eigenvalue weighted by Gasteiger charge is 2.24. The number of ether oxygens (including phenoxy) is 1. The van der Waals surface area contributed by atoms with Crippen LogP contribution in [0.5, 0.6) is 5.75 Å². The van der Waals surface area contributed by atoms with Gasteiger partial charge in [-0.25, -0.2) is 4.68 Å². The van der Waals surface area contributed by atoms with E-state index in [1.165, 1.54) is 0 Å². The molecule has 0 bridgehead atoms. The van der Waals surface area contributed by atoms with Gasteiger partial charge in [0.2, 0.25) is 0 Å². The molecule has 1 aliphatic rings. The third-order valence-electron chi connectivity index (χ3n) is 4.69. The Labute approximate surface area is 162 Å². The largest absolute Gasteiger partial charge is 0.479 e. The highest BCUT2D eigenvalue weighted by molar-refractivity contribution is 6.06. The summed E-state index contributed by atoms with van der Waals surface area (Å²) in [6.45, 7) is 5.36. The summed E-state index contributed by atoms with van der Waals surface area (Å²) in [5.74, 6) is 0.106. The molecule has 2 aromatic carbocycles. The van der Waals surface area contributed by atoms with Gasteiger partial charge in [-0.3, -0.25) is 9.59 Å². The van der Waals surface area contributed by atoms with Gasteiger partial charge < -0.3 is 15.4 Å². The molecule has 1 aliphatic heterocycles. The van der Waals surface area contributed by atoms with E-state index in [9.17, 15) is 9.59 Å². The van der Waals surface area contributed by atoms with Crippen molar-refractivity contribution in [2.75, 3.05) is 10.6 Å². The summed E-state index contributed by atoms with van der Waals surface area (Å²) in [5, 5.41) is 10.2. The maximum atomic E-state index is 12.9. The highest BCUT2D eigenvalue weighted by Crippen LogP contribution is 2.32. The van der Waals surface area contributed by atoms with Crippen molar-refractivity contribution in [3.8, 4) is 11.4 Å². The lowest BCUT2D eigenvalue weighted by molar-refractivity contribution is -0.122. The summed E-state index contributed by atoms with van der Waals surface area (Å²) < 4.78 is 7.30. The number of fused-ring (bicyclic) bond motifs is 1. The summed E-state index contributed by atoms with van der Waals surface area (Å²) in [4.78, 5) is 24.7. The minimum Gasteiger partial charge on any atom is -0.479 e. The van der Waals surface area contributed by atoms with Crippen LogP contribution in [0.1, 0.15) is 28.7 Å². The van der Waals surface area contributed by atoms with Gasteiger partial charge in [0.25, 0.3) is 11.8 Å². The molecule has 0 fully saturated rings. The number of para-hydroxylation sites is 1. The normalized spacial score (nSPS) is 15.4. The smallest absolute Gasteiger partial charge is 0.265 e. The standard InChI is InChI=1S/C21H20N4O3/c1-12-19(13(2)25(24-12)16-7-5-4-6-8-16)21(27)22-15-9-10-18-17(11-15)23-20(26)14(3)28-18/h4-11,14H,1-3H3,(H,22,27)(H,23,26). The first-order valence-electron chi connectivity index (χ1n) is 8.98. The second kappa shape index (κ2) is 6.84. The molecular weight excluding hydrogens is 356 g/mol. The Balaban J connectivity index is 1.61. The van der Waals surface area contributed by atoms with Crippen LogP contribution in [0.25, 0.3) is 5.69 Å². The van der Waals surface area contributed by atoms with Gasteiger partial charge in [-0.1, -0.05) is 18.2 Å². The number of nitrogens with zero attached hydrogens (tertiary/aromatic N) is 2. The van der Waals surface area contributed by atoms with Crippen LogP contribution in [-0.4, -0.2) is 27.7 Å². The topological polar surface area (TPSA) is 85.3 Å². The average Bonchev–Trinajstić information content (AvgIpc) is 2.98. The fourth-order valence-corrected chi connectivity index (χ4v) is 3.27. The van der Waals surface area contributed by atoms with Crippen LogP contribution in [0.15, 0.2) is 48.5 Å². The Morgan fingerprint density at radius 1 is 1.18 bits per heavy atom. The van der Waals surface area contributed by atoms with E-state index in [0.717, 1.165) is 11.4 Å². The Bertz CT molecular complexity index is 1070. The molecule has 0 spiro atoms. The molecule has 1 unspecified atom stereocenters. The molecule has 0 saturated heterocycles. The lowest BCUT2D eigenvalue weighted by Gasteiger charge is -2.23. The van der Waals surface area contributed by atoms with Gasteiger partial charge >= 0.3 is 0 Å². The van der Waals surface area contributed by atoms with Crippen LogP contribution in [0.2, 0.25) is 0 Å². The Kier molecular flexibility index (Phi) is 4.35. The lowest BCUT2D eigenvalue weighted by Crippen LogP contribution is -2.34. The van der Waals surface area contributed by atoms with Crippen molar-refractivity contribution < 1.29 is 14.3 Å². The number of hydrogen-bond donors (Lipinski definition) is 2. The maximum absolute atomic E-state index is 12.9. The second-order valence-electron chi connectivity index (χ2n) is 6.71. The van der Waals surface area contributed by atoms with Crippen molar-refractivity contribution in [2.24, 2.45) is 0 Å². The van der Waals surface area contributed by atoms with Crippen LogP contribution in [0.3, 0.4) is 0 Å². The van der Waals surface area contributed by atoms with Gasteiger partial charge in [-0.2, -0.15) is 5.10 Å². The van der Waals surface area contributed by atoms with E-state index in [1.807, 2.05) is 44.2 Å². The van der Waals surface area contributed by atoms with Crippen LogP contribution in [0.4, 0.5) is 11.4 Å². The summed E-state index contributed by atoms with van der Waals surface area (Å²) in [5.41, 5.74) is 3.91. The van der Waals surface area contributed by atoms with E-state index in [0.29, 0.717) is 28.4 Å². The lowest BCUT2D eigenvalue weighted by atomic mass is 10.1. The van der Waals surface area contributed by atoms with Crippen molar-refractivity contribution in [1.82, 2.24) is 9.78 Å². The Hall–Kier alpha value is -3.61. The van der Waals surface area contributed by atoms with Gasteiger partial charge in [0.15, 0.2) is 6.10 Å². The molecule has 3 aromatic rings. The molecular formula is C21H20N4O3. The predicted octanol–water partition coefficient (Wildman–Crippen LogP) is 3.46. The third kappa shape index (κ3) is 3.11. The van der Waals surface area contributed by atoms with E-state index in [-0.39, 0.29) is 11.8 Å². The average molecular weight is 376 g/mol. The van der Waals surface area contributed by atoms with Crippen molar-refractivity contribution in [3.63, 3.8) is 0 Å². The number of benzene rings is 2. The quantitative estimate of drug-likeness (QED) is 0.733. The van der Waals surface area contributed by atoms with Crippen molar-refractivity contribution >= 4 is 23.2 Å². The highest BCUT2D eigenvalue weighted by atomic mass is 16.5. The SMILES string of the molecule is Cc1nn(-c2ccccc2)c(C)c1C(=O)Nc1ccc2c(c1)NC(=O)C(C)O2. The van der Waals surface area contributed by atoms with Crippen molar-refractivity contribution in [3.05, 3.63) is 65.5 Å². The second-order valence-corrected chi connectivity index (χ2v) is 6.71. The Morgan fingerprint density at radius 3 is 2.68 bits per heavy atom. The van der Waals surface area contributed by atoms with E-state index in [2.05, 4.69) is 15.7 Å². The van der Waals surface area contributed by atoms with Gasteiger partial charge in [-0.15, -0.1) is 0 Å². The number of amides is 2. The van der Waals surface area contributed by atoms with Gasteiger partial charge in [0, 0.05) is 5.69 Å². The molecule has 0 saturated carbocycles. The molecule has 142 valence electrons. The van der Waals surface area contributed by atoms with Gasteiger partial charge in [-0.05, 0) is 51.1 Å². The van der Waals surface area contributed by atoms with Crippen molar-refractivity contribution in [2.45, 2.75) is 26.9 Å². The summed E-state index contributed by atoms with van der Waals surface area (Å²) in [6.07, 6.45) is -0.540. The van der Waals surface area contributed by atoms with E-state index < -0.39 is 6.10 Å². The number of rotatable bonds is 3. The molecule has 28 heavy (non-hydrogen) atoms. The summed E-state index contributed by atoms with van der Waals surface area (Å²) in [6, 6.07) is 14.8. The number of hydrogen-bond acceptors (Lipinski definition) is 4. The molecule has 0 radical (unpaired) electrons. The van der Waals surface area contributed by atoms with E-state index in [1.54, 1.807) is 29.8 Å². The summed E-state index contributed by atoms with van der Waals surface area (Å²) in [7, 11) is 0. The number of aryl methyl sites for hydroxylation is 1. The monoisotopic (exact) mass is 376 g/mol. The number of carbonyl (C=O) groups is 2. The predicted molar refractivity (Wildman–Crippen MR) is 106 cm³/mol. The molecule has 2 heterocycles. The van der Waals surface area contributed by atoms with Crippen molar-refractivity contribution in [1.29, 1.82) is 0 Å². The molecule has 4 rings (SSSR count). The molecule has 2 amide bonds. The zero-order valence-electron chi connectivity index (χ0n) is 15.8. The summed E-state index contributed by atoms with van der Waals surface area (Å²) >= 11 is 0. The first kappa shape index (κ1) is 17.8. The zero-order valence-corrected chi connectivity index (χ0v) is 15.8. The number of anilines is 2. The van der Waals surface area contributed by atoms with E-state index >= 15 is 0 Å². The molecule has 1 aromatic heterocycles. The first-order chi connectivity index (χ1) is 13.4. The fourth-order valence-electron chi connectivity index (χ4n) is 3.27. The van der Waals surface area contributed by atoms with Gasteiger partial charge in [0.1, 0.15) is 5.75 Å². The minimum absolute atomic E-state index is 0.216. The fraction of sp³-hybridized carbons (Fsp3) is 0.190. The third-order valence-corrected chi connectivity index (χ3v) is 4.69. The zero-order chi connectivity index (χ0) is 19.8. The van der Waals surface area contributed by atoms with Crippen LogP contribution < -0.4 is 15.4 Å². The van der Waals surface area contributed by atoms with E-state index in [4.69, 9.17) is 4.74 Å². The van der Waals surface area contributed by atoms with Gasteiger partial charge in [0.05, 0.1) is 28.3 Å². The maximum Gasteiger partial charge on any atom is 0.265 e. The first-order valence-corrected chi connectivity index (χ1v) is 8.98. The molecule has 7 nitrogen and oxygen atoms in total. The van der Waals surface area contributed by atoms with Crippen LogP contribution in [-0.2, 0) is 4.79 Å². The number of aromatic nitrogens is 2. The number of nitrogens with one attached hydrogen (secondary N) is 2. The molecule has 1 atom stereocenters. The molecule has 2 N–H and O–H groups in total. The number of carbonyl (C=O) groups excluding carboxylic acids is 2. The molecule has 7 heteroatoms. The Morgan fingerprint density at radius 2 is 1.93 bits per heavy atom.